The minimum absolute atomic E-state index is 0.0141. The van der Waals surface area contributed by atoms with Crippen molar-refractivity contribution in [2.75, 3.05) is 20.6 Å². The van der Waals surface area contributed by atoms with Crippen LogP contribution in [-0.4, -0.2) is 49.0 Å². The molecule has 0 aliphatic carbocycles. The second-order valence-corrected chi connectivity index (χ2v) is 6.00. The van der Waals surface area contributed by atoms with Crippen LogP contribution in [0.25, 0.3) is 0 Å². The van der Waals surface area contributed by atoms with Gasteiger partial charge >= 0.3 is 0 Å². The van der Waals surface area contributed by atoms with E-state index in [1.165, 1.54) is 4.90 Å². The van der Waals surface area contributed by atoms with Crippen LogP contribution >= 0.6 is 0 Å². The van der Waals surface area contributed by atoms with E-state index in [1.54, 1.807) is 27.9 Å². The SMILES string of the molecule is CC.CC.CC(C)=N.CC(C)CC(CC(N)=O)C(=O)NCC(=O)N(C)C. The fourth-order valence-electron chi connectivity index (χ4n) is 1.56. The van der Waals surface area contributed by atoms with Gasteiger partial charge in [-0.2, -0.15) is 0 Å². The maximum atomic E-state index is 11.9. The second-order valence-electron chi connectivity index (χ2n) is 6.00. The first-order chi connectivity index (χ1) is 12.0. The Kier molecular flexibility index (Phi) is 25.8. The van der Waals surface area contributed by atoms with Crippen LogP contribution in [0.15, 0.2) is 0 Å². The van der Waals surface area contributed by atoms with Gasteiger partial charge < -0.3 is 21.4 Å². The maximum absolute atomic E-state index is 11.9. The van der Waals surface area contributed by atoms with Crippen LogP contribution in [0.2, 0.25) is 0 Å². The number of hydrogen-bond acceptors (Lipinski definition) is 4. The van der Waals surface area contributed by atoms with Gasteiger partial charge in [-0.3, -0.25) is 14.4 Å². The van der Waals surface area contributed by atoms with Gasteiger partial charge in [-0.05, 0) is 26.2 Å². The Morgan fingerprint density at radius 2 is 1.42 bits per heavy atom. The Morgan fingerprint density at radius 3 is 1.69 bits per heavy atom. The molecule has 7 nitrogen and oxygen atoms in total. The summed E-state index contributed by atoms with van der Waals surface area (Å²) in [6.07, 6.45) is 0.588. The van der Waals surface area contributed by atoms with Crippen molar-refractivity contribution in [2.45, 2.75) is 68.2 Å². The number of nitrogens with zero attached hydrogens (tertiary/aromatic N) is 1. The number of primary amides is 1. The molecule has 0 aromatic heterocycles. The molecule has 0 aliphatic heterocycles. The number of carbonyl (C=O) groups excluding carboxylic acids is 3. The molecular formula is C19H42N4O3. The third-order valence-electron chi connectivity index (χ3n) is 2.49. The molecule has 0 bridgehead atoms. The van der Waals surface area contributed by atoms with E-state index in [0.717, 1.165) is 0 Å². The monoisotopic (exact) mass is 374 g/mol. The average molecular weight is 375 g/mol. The summed E-state index contributed by atoms with van der Waals surface area (Å²) in [5.41, 5.74) is 5.78. The Hall–Kier alpha value is -1.92. The predicted molar refractivity (Wildman–Crippen MR) is 110 cm³/mol. The summed E-state index contributed by atoms with van der Waals surface area (Å²) in [4.78, 5) is 35.5. The summed E-state index contributed by atoms with van der Waals surface area (Å²) in [7, 11) is 3.23. The molecule has 0 fully saturated rings. The first-order valence-electron chi connectivity index (χ1n) is 9.25. The lowest BCUT2D eigenvalue weighted by Crippen LogP contribution is -2.40. The van der Waals surface area contributed by atoms with Crippen LogP contribution in [0.1, 0.15) is 68.2 Å². The molecule has 0 rings (SSSR count). The highest BCUT2D eigenvalue weighted by Crippen LogP contribution is 2.15. The molecule has 7 heteroatoms. The van der Waals surface area contributed by atoms with Crippen LogP contribution in [0.5, 0.6) is 0 Å². The van der Waals surface area contributed by atoms with Gasteiger partial charge in [0.1, 0.15) is 0 Å². The van der Waals surface area contributed by atoms with Gasteiger partial charge in [-0.25, -0.2) is 0 Å². The van der Waals surface area contributed by atoms with Crippen LogP contribution in [0, 0.1) is 17.2 Å². The number of carbonyl (C=O) groups is 3. The van der Waals surface area contributed by atoms with Crippen molar-refractivity contribution >= 4 is 23.4 Å². The molecule has 26 heavy (non-hydrogen) atoms. The summed E-state index contributed by atoms with van der Waals surface area (Å²) in [6, 6.07) is 0. The average Bonchev–Trinajstić information content (AvgIpc) is 2.53. The van der Waals surface area contributed by atoms with E-state index in [9.17, 15) is 14.4 Å². The highest BCUT2D eigenvalue weighted by molar-refractivity contribution is 5.88. The normalized spacial score (nSPS) is 9.81. The second kappa shape index (κ2) is 21.1. The van der Waals surface area contributed by atoms with Crippen LogP contribution in [-0.2, 0) is 14.4 Å². The zero-order chi connectivity index (χ0) is 21.9. The van der Waals surface area contributed by atoms with Gasteiger partial charge in [0, 0.05) is 32.1 Å². The van der Waals surface area contributed by atoms with E-state index in [0.29, 0.717) is 12.1 Å². The van der Waals surface area contributed by atoms with Gasteiger partial charge in [0.15, 0.2) is 0 Å². The number of nitrogens with two attached hydrogens (primary N) is 1. The first-order valence-corrected chi connectivity index (χ1v) is 9.25. The molecule has 0 saturated heterocycles. The van der Waals surface area contributed by atoms with Crippen molar-refractivity contribution in [3.05, 3.63) is 0 Å². The van der Waals surface area contributed by atoms with Crippen LogP contribution in [0.4, 0.5) is 0 Å². The van der Waals surface area contributed by atoms with Crippen molar-refractivity contribution < 1.29 is 14.4 Å². The lowest BCUT2D eigenvalue weighted by Gasteiger charge is -2.18. The molecule has 156 valence electrons. The smallest absolute Gasteiger partial charge is 0.241 e. The number of rotatable bonds is 7. The highest BCUT2D eigenvalue weighted by Gasteiger charge is 2.22. The number of amides is 3. The summed E-state index contributed by atoms with van der Waals surface area (Å²) in [5, 5.41) is 9.04. The fraction of sp³-hybridized carbons (Fsp3) is 0.789. The van der Waals surface area contributed by atoms with Crippen molar-refractivity contribution in [3.8, 4) is 0 Å². The summed E-state index contributed by atoms with van der Waals surface area (Å²) >= 11 is 0. The molecule has 1 unspecified atom stereocenters. The molecule has 0 aromatic rings. The van der Waals surface area contributed by atoms with Crippen molar-refractivity contribution in [1.29, 1.82) is 5.41 Å². The van der Waals surface area contributed by atoms with Gasteiger partial charge in [0.25, 0.3) is 0 Å². The van der Waals surface area contributed by atoms with E-state index in [2.05, 4.69) is 5.32 Å². The Morgan fingerprint density at radius 1 is 1.04 bits per heavy atom. The predicted octanol–water partition coefficient (Wildman–Crippen LogP) is 2.83. The van der Waals surface area contributed by atoms with Gasteiger partial charge in [-0.1, -0.05) is 41.5 Å². The van der Waals surface area contributed by atoms with Crippen molar-refractivity contribution in [3.63, 3.8) is 0 Å². The lowest BCUT2D eigenvalue weighted by molar-refractivity contribution is -0.133. The molecule has 1 atom stereocenters. The Balaban J connectivity index is -0.000000258. The third kappa shape index (κ3) is 27.0. The summed E-state index contributed by atoms with van der Waals surface area (Å²) in [5.74, 6) is -1.17. The van der Waals surface area contributed by atoms with Crippen molar-refractivity contribution in [1.82, 2.24) is 10.2 Å². The van der Waals surface area contributed by atoms with Gasteiger partial charge in [0.05, 0.1) is 6.54 Å². The lowest BCUT2D eigenvalue weighted by atomic mass is 9.93. The summed E-state index contributed by atoms with van der Waals surface area (Å²) < 4.78 is 0. The topological polar surface area (TPSA) is 116 Å². The zero-order valence-corrected chi connectivity index (χ0v) is 18.5. The highest BCUT2D eigenvalue weighted by atomic mass is 16.2. The Labute approximate surface area is 160 Å². The zero-order valence-electron chi connectivity index (χ0n) is 18.5. The van der Waals surface area contributed by atoms with Crippen LogP contribution < -0.4 is 11.1 Å². The minimum Gasteiger partial charge on any atom is -0.370 e. The molecule has 0 heterocycles. The first kappa shape index (κ1) is 31.8. The molecule has 0 aliphatic rings. The van der Waals surface area contributed by atoms with Crippen LogP contribution in [0.3, 0.4) is 0 Å². The number of hydrogen-bond donors (Lipinski definition) is 3. The minimum atomic E-state index is -0.505. The fourth-order valence-corrected chi connectivity index (χ4v) is 1.56. The largest absolute Gasteiger partial charge is 0.370 e. The molecule has 0 spiro atoms. The molecule has 0 saturated carbocycles. The van der Waals surface area contributed by atoms with Crippen molar-refractivity contribution in [2.24, 2.45) is 17.6 Å². The number of likely N-dealkylation sites (N-methyl/N-ethyl adjacent to an activating group) is 1. The third-order valence-corrected chi connectivity index (χ3v) is 2.49. The van der Waals surface area contributed by atoms with E-state index in [4.69, 9.17) is 11.1 Å². The van der Waals surface area contributed by atoms with E-state index in [-0.39, 0.29) is 30.7 Å². The van der Waals surface area contributed by atoms with E-state index < -0.39 is 11.8 Å². The number of nitrogens with one attached hydrogen (secondary N) is 2. The standard InChI is InChI=1S/C12H23N3O3.C3H7N.2C2H6/c1-8(2)5-9(6-10(13)16)12(18)14-7-11(17)15(3)4;1-3(2)4;2*1-2/h8-9H,5-7H2,1-4H3,(H2,13,16)(H,14,18);4H,1-2H3;2*1-2H3. The van der Waals surface area contributed by atoms with Gasteiger partial charge in [0.2, 0.25) is 17.7 Å². The maximum Gasteiger partial charge on any atom is 0.241 e. The van der Waals surface area contributed by atoms with Gasteiger partial charge in [-0.15, -0.1) is 0 Å². The Bertz CT molecular complexity index is 390. The molecule has 0 aromatic carbocycles. The molecular weight excluding hydrogens is 332 g/mol. The van der Waals surface area contributed by atoms with E-state index in [1.807, 2.05) is 41.5 Å². The van der Waals surface area contributed by atoms with E-state index >= 15 is 0 Å². The summed E-state index contributed by atoms with van der Waals surface area (Å²) in [6.45, 7) is 15.4. The molecule has 0 radical (unpaired) electrons. The quantitative estimate of drug-likeness (QED) is 0.595. The molecule has 3 amide bonds. The molecule has 4 N–H and O–H groups in total.